The summed E-state index contributed by atoms with van der Waals surface area (Å²) in [5.74, 6) is -0.623. The Morgan fingerprint density at radius 3 is 2.34 bits per heavy atom. The van der Waals surface area contributed by atoms with Gasteiger partial charge in [-0.1, -0.05) is 39.8 Å². The summed E-state index contributed by atoms with van der Waals surface area (Å²) < 4.78 is 13.2. The van der Waals surface area contributed by atoms with Crippen molar-refractivity contribution in [3.05, 3.63) is 35.6 Å². The van der Waals surface area contributed by atoms with E-state index in [4.69, 9.17) is 0 Å². The van der Waals surface area contributed by atoms with Crippen LogP contribution in [0.4, 0.5) is 9.18 Å². The number of likely N-dealkylation sites (N-methyl/N-ethyl adjacent to an activating group) is 1. The molecule has 9 heteroatoms. The number of halogens is 1. The molecule has 2 fully saturated rings. The van der Waals surface area contributed by atoms with Gasteiger partial charge in [0, 0.05) is 19.6 Å². The molecule has 0 saturated carbocycles. The van der Waals surface area contributed by atoms with Crippen LogP contribution in [0.15, 0.2) is 24.3 Å². The van der Waals surface area contributed by atoms with Gasteiger partial charge in [0.25, 0.3) is 0 Å². The van der Waals surface area contributed by atoms with E-state index >= 15 is 0 Å². The number of benzene rings is 1. The maximum atomic E-state index is 13.4. The highest BCUT2D eigenvalue weighted by Crippen LogP contribution is 2.31. The minimum Gasteiger partial charge on any atom is -0.334 e. The van der Waals surface area contributed by atoms with E-state index in [1.807, 2.05) is 32.6 Å². The predicted molar refractivity (Wildman–Crippen MR) is 118 cm³/mol. The van der Waals surface area contributed by atoms with E-state index in [2.05, 4.69) is 5.32 Å². The van der Waals surface area contributed by atoms with Crippen molar-refractivity contribution in [3.63, 3.8) is 0 Å². The molecule has 4 amide bonds. The van der Waals surface area contributed by atoms with Gasteiger partial charge in [-0.3, -0.25) is 9.59 Å². The van der Waals surface area contributed by atoms with Crippen LogP contribution in [0, 0.1) is 11.7 Å². The van der Waals surface area contributed by atoms with Gasteiger partial charge in [-0.05, 0) is 36.5 Å². The molecule has 2 aliphatic heterocycles. The second-order valence-corrected chi connectivity index (χ2v) is 8.88. The molecule has 8 nitrogen and oxygen atoms in total. The molecule has 0 radical (unpaired) electrons. The number of amides is 4. The molecule has 1 aromatic rings. The zero-order valence-corrected chi connectivity index (χ0v) is 19.5. The van der Waals surface area contributed by atoms with Gasteiger partial charge in [-0.2, -0.15) is 0 Å². The highest BCUT2D eigenvalue weighted by molar-refractivity contribution is 5.91. The van der Waals surface area contributed by atoms with E-state index in [1.165, 1.54) is 12.1 Å². The summed E-state index contributed by atoms with van der Waals surface area (Å²) in [5, 5.41) is 6.03. The Bertz CT molecular complexity index is 843. The van der Waals surface area contributed by atoms with Gasteiger partial charge < -0.3 is 15.1 Å². The third-order valence-electron chi connectivity index (χ3n) is 6.40. The number of piperazine rings is 1. The summed E-state index contributed by atoms with van der Waals surface area (Å²) in [6.07, 6.45) is 1.03. The Kier molecular flexibility index (Phi) is 7.38. The van der Waals surface area contributed by atoms with Crippen LogP contribution in [0.3, 0.4) is 0 Å². The Hall–Kier alpha value is -2.68. The number of nitrogens with zero attached hydrogens (tertiary/aromatic N) is 4. The van der Waals surface area contributed by atoms with E-state index in [9.17, 15) is 18.8 Å². The third-order valence-corrected chi connectivity index (χ3v) is 6.40. The van der Waals surface area contributed by atoms with Crippen molar-refractivity contribution < 1.29 is 18.8 Å². The number of urea groups is 1. The van der Waals surface area contributed by atoms with Gasteiger partial charge in [-0.15, -0.1) is 0 Å². The smallest absolute Gasteiger partial charge is 0.334 e. The number of hydrazine groups is 1. The van der Waals surface area contributed by atoms with Crippen LogP contribution in [-0.4, -0.2) is 76.0 Å². The molecule has 0 aliphatic carbocycles. The summed E-state index contributed by atoms with van der Waals surface area (Å²) in [4.78, 5) is 43.1. The van der Waals surface area contributed by atoms with Gasteiger partial charge in [0.1, 0.15) is 18.0 Å². The Morgan fingerprint density at radius 2 is 1.78 bits per heavy atom. The number of hydrogen-bond acceptors (Lipinski definition) is 4. The maximum absolute atomic E-state index is 13.4. The molecule has 1 N–H and O–H groups in total. The van der Waals surface area contributed by atoms with E-state index in [-0.39, 0.29) is 55.3 Å². The average molecular weight is 448 g/mol. The lowest BCUT2D eigenvalue weighted by Gasteiger charge is -2.56. The number of rotatable bonds is 6. The molecular weight excluding hydrogens is 413 g/mol. The van der Waals surface area contributed by atoms with E-state index in [1.54, 1.807) is 34.1 Å². The second kappa shape index (κ2) is 9.85. The quantitative estimate of drug-likeness (QED) is 0.727. The van der Waals surface area contributed by atoms with Crippen LogP contribution >= 0.6 is 0 Å². The summed E-state index contributed by atoms with van der Waals surface area (Å²) >= 11 is 0. The lowest BCUT2D eigenvalue weighted by molar-refractivity contribution is -0.192. The first-order valence-corrected chi connectivity index (χ1v) is 11.3. The summed E-state index contributed by atoms with van der Waals surface area (Å²) in [6, 6.07) is 5.02. The minimum atomic E-state index is -0.608. The molecule has 1 aromatic carbocycles. The number of hydrogen-bond donors (Lipinski definition) is 1. The SMILES string of the molecule is CCC(CC)N1C[C@H]2N(C(=O)CN(C)N2C(=O)NCc2ccc(F)cc2)[C@@H](C(C)C)C1=O. The summed E-state index contributed by atoms with van der Waals surface area (Å²) in [7, 11) is 1.70. The highest BCUT2D eigenvalue weighted by atomic mass is 19.1. The van der Waals surface area contributed by atoms with Crippen molar-refractivity contribution in [3.8, 4) is 0 Å². The zero-order valence-electron chi connectivity index (χ0n) is 19.5. The van der Waals surface area contributed by atoms with Gasteiger partial charge in [0.2, 0.25) is 11.8 Å². The van der Waals surface area contributed by atoms with Crippen molar-refractivity contribution in [2.45, 2.75) is 65.3 Å². The molecule has 0 bridgehead atoms. The Morgan fingerprint density at radius 1 is 1.16 bits per heavy atom. The average Bonchev–Trinajstić information content (AvgIpc) is 2.74. The fourth-order valence-electron chi connectivity index (χ4n) is 4.74. The normalized spacial score (nSPS) is 22.1. The number of carbonyl (C=O) groups excluding carboxylic acids is 3. The van der Waals surface area contributed by atoms with Crippen LogP contribution in [0.1, 0.15) is 46.1 Å². The van der Waals surface area contributed by atoms with E-state index in [0.717, 1.165) is 18.4 Å². The van der Waals surface area contributed by atoms with Crippen LogP contribution < -0.4 is 5.32 Å². The first kappa shape index (κ1) is 24.0. The fourth-order valence-corrected chi connectivity index (χ4v) is 4.74. The number of nitrogens with one attached hydrogen (secondary N) is 1. The Labute approximate surface area is 189 Å². The lowest BCUT2D eigenvalue weighted by Crippen LogP contribution is -2.77. The molecule has 2 heterocycles. The lowest BCUT2D eigenvalue weighted by atomic mass is 9.94. The van der Waals surface area contributed by atoms with Gasteiger partial charge in [0.15, 0.2) is 0 Å². The molecule has 0 unspecified atom stereocenters. The predicted octanol–water partition coefficient (Wildman–Crippen LogP) is 2.41. The van der Waals surface area contributed by atoms with Gasteiger partial charge in [0.05, 0.1) is 13.1 Å². The maximum Gasteiger partial charge on any atom is 0.334 e. The van der Waals surface area contributed by atoms with Crippen LogP contribution in [0.2, 0.25) is 0 Å². The zero-order chi connectivity index (χ0) is 23.6. The summed E-state index contributed by atoms with van der Waals surface area (Å²) in [5.41, 5.74) is 0.768. The molecule has 0 aromatic heterocycles. The van der Waals surface area contributed by atoms with Crippen molar-refractivity contribution in [2.75, 3.05) is 20.1 Å². The number of carbonyl (C=O) groups is 3. The molecule has 3 rings (SSSR count). The largest absolute Gasteiger partial charge is 0.334 e. The Balaban J connectivity index is 1.88. The third kappa shape index (κ3) is 4.57. The second-order valence-electron chi connectivity index (χ2n) is 8.88. The monoisotopic (exact) mass is 447 g/mol. The molecule has 2 atom stereocenters. The topological polar surface area (TPSA) is 76.2 Å². The molecule has 2 saturated heterocycles. The number of fused-ring (bicyclic) bond motifs is 1. The first-order valence-electron chi connectivity index (χ1n) is 11.3. The van der Waals surface area contributed by atoms with Crippen molar-refractivity contribution in [2.24, 2.45) is 5.92 Å². The van der Waals surface area contributed by atoms with Gasteiger partial charge >= 0.3 is 6.03 Å². The first-order chi connectivity index (χ1) is 15.2. The molecule has 32 heavy (non-hydrogen) atoms. The standard InChI is InChI=1S/C23H34FN5O3/c1-6-18(7-2)27-13-19-28(21(15(3)4)22(27)31)20(30)14-26(5)29(19)23(32)25-12-16-8-10-17(24)11-9-16/h8-11,15,18-19,21H,6-7,12-14H2,1-5H3,(H,25,32)/t19-,21-/m0/s1. The highest BCUT2D eigenvalue weighted by Gasteiger charge is 2.52. The summed E-state index contributed by atoms with van der Waals surface area (Å²) in [6.45, 7) is 8.47. The molecule has 0 spiro atoms. The van der Waals surface area contributed by atoms with Crippen molar-refractivity contribution >= 4 is 17.8 Å². The van der Waals surface area contributed by atoms with Crippen LogP contribution in [0.5, 0.6) is 0 Å². The molecule has 176 valence electrons. The van der Waals surface area contributed by atoms with Crippen LogP contribution in [-0.2, 0) is 16.1 Å². The molecule has 2 aliphatic rings. The molecular formula is C23H34FN5O3. The van der Waals surface area contributed by atoms with E-state index < -0.39 is 12.2 Å². The minimum absolute atomic E-state index is 0.0158. The van der Waals surface area contributed by atoms with Crippen molar-refractivity contribution in [1.82, 2.24) is 25.1 Å². The van der Waals surface area contributed by atoms with Gasteiger partial charge in [-0.25, -0.2) is 19.2 Å². The van der Waals surface area contributed by atoms with Crippen molar-refractivity contribution in [1.29, 1.82) is 0 Å². The fraction of sp³-hybridized carbons (Fsp3) is 0.609. The van der Waals surface area contributed by atoms with E-state index in [0.29, 0.717) is 0 Å². The van der Waals surface area contributed by atoms with Crippen LogP contribution in [0.25, 0.3) is 0 Å².